The summed E-state index contributed by atoms with van der Waals surface area (Å²) in [6.07, 6.45) is 0.0982. The number of thiol groups is 1. The Morgan fingerprint density at radius 3 is 2.61 bits per heavy atom. The first-order chi connectivity index (χ1) is 15.4. The van der Waals surface area contributed by atoms with Crippen LogP contribution in [0.15, 0.2) is 22.7 Å². The fourth-order valence-corrected chi connectivity index (χ4v) is 4.55. The Labute approximate surface area is 193 Å². The monoisotopic (exact) mass is 501 g/mol. The molecule has 2 aromatic rings. The Bertz CT molecular complexity index is 1200. The number of nitrogens with one attached hydrogen (secondary N) is 1. The molecule has 1 fully saturated rings. The minimum atomic E-state index is -3.45. The van der Waals surface area contributed by atoms with Gasteiger partial charge in [0.15, 0.2) is 34.0 Å². The molecule has 1 aromatic carbocycles. The van der Waals surface area contributed by atoms with Crippen molar-refractivity contribution in [2.45, 2.75) is 43.6 Å². The molecule has 0 aliphatic carbocycles. The maximum Gasteiger partial charge on any atom is 0.328 e. The largest absolute Gasteiger partial charge is 0.504 e. The van der Waals surface area contributed by atoms with Crippen molar-refractivity contribution in [2.75, 3.05) is 0 Å². The third kappa shape index (κ3) is 4.20. The Hall–Kier alpha value is -3.32. The van der Waals surface area contributed by atoms with E-state index in [1.165, 1.54) is 12.1 Å². The van der Waals surface area contributed by atoms with E-state index in [-0.39, 0.29) is 35.0 Å². The molecule has 14 heteroatoms. The molecule has 33 heavy (non-hydrogen) atoms. The molecule has 3 rings (SSSR count). The van der Waals surface area contributed by atoms with Gasteiger partial charge in [0.25, 0.3) is 5.91 Å². The Balaban J connectivity index is 1.85. The van der Waals surface area contributed by atoms with E-state index in [9.17, 15) is 38.1 Å². The van der Waals surface area contributed by atoms with E-state index in [2.05, 4.69) is 10.5 Å². The Morgan fingerprint density at radius 1 is 1.39 bits per heavy atom. The molecule has 1 aromatic heterocycles. The van der Waals surface area contributed by atoms with Crippen LogP contribution in [0.4, 0.5) is 0 Å². The number of nitrogens with zero attached hydrogens (tertiary/aromatic N) is 2. The number of carboxylic acid groups (broad SMARTS) is 1. The minimum absolute atomic E-state index is 0.00679. The number of hydrogen-bond donors (Lipinski definition) is 5. The smallest absolute Gasteiger partial charge is 0.328 e. The standard InChI is InChI=1S/C19H20ClN3O9S/c1-8-5-13(25)23(8)16(18(28)29)19(2,33(30)31)12-6-9(32-22-12)7-21-17(27)10-3-4-11(24)15(26)14(10)20/h3-4,6,8,16,24,26,33H,5,7H2,1-2H3,(H,21,27)(H,28,29)/t8-,16+,19+/m1/s1. The number of likely N-dealkylation sites (tertiary alicyclic amines) is 1. The van der Waals surface area contributed by atoms with E-state index in [0.717, 1.165) is 17.9 Å². The predicted molar refractivity (Wildman–Crippen MR) is 112 cm³/mol. The van der Waals surface area contributed by atoms with Crippen LogP contribution in [0.2, 0.25) is 5.02 Å². The van der Waals surface area contributed by atoms with Crippen molar-refractivity contribution in [2.24, 2.45) is 0 Å². The second kappa shape index (κ2) is 8.90. The van der Waals surface area contributed by atoms with Gasteiger partial charge in [0.05, 0.1) is 17.1 Å². The summed E-state index contributed by atoms with van der Waals surface area (Å²) in [4.78, 5) is 37.3. The van der Waals surface area contributed by atoms with Crippen LogP contribution in [0.5, 0.6) is 11.5 Å². The predicted octanol–water partition coefficient (Wildman–Crippen LogP) is 0.570. The summed E-state index contributed by atoms with van der Waals surface area (Å²) in [6.45, 7) is 2.45. The van der Waals surface area contributed by atoms with Gasteiger partial charge in [-0.3, -0.25) is 9.59 Å². The molecule has 1 aliphatic rings. The van der Waals surface area contributed by atoms with Crippen LogP contribution in [0, 0.1) is 0 Å². The lowest BCUT2D eigenvalue weighted by Crippen LogP contribution is -2.65. The molecule has 3 atom stereocenters. The number of amides is 2. The number of phenols is 2. The van der Waals surface area contributed by atoms with Crippen LogP contribution in [0.1, 0.15) is 42.1 Å². The summed E-state index contributed by atoms with van der Waals surface area (Å²) in [5.41, 5.74) is -0.391. The molecule has 0 spiro atoms. The fraction of sp³-hybridized carbons (Fsp3) is 0.368. The van der Waals surface area contributed by atoms with Crippen molar-refractivity contribution in [3.63, 3.8) is 0 Å². The lowest BCUT2D eigenvalue weighted by Gasteiger charge is -2.46. The van der Waals surface area contributed by atoms with Gasteiger partial charge in [0, 0.05) is 18.5 Å². The van der Waals surface area contributed by atoms with Crippen LogP contribution < -0.4 is 5.32 Å². The van der Waals surface area contributed by atoms with Gasteiger partial charge in [-0.25, -0.2) is 13.2 Å². The Morgan fingerprint density at radius 2 is 2.06 bits per heavy atom. The number of aliphatic carboxylic acids is 1. The third-order valence-electron chi connectivity index (χ3n) is 5.50. The van der Waals surface area contributed by atoms with Crippen molar-refractivity contribution in [1.29, 1.82) is 0 Å². The van der Waals surface area contributed by atoms with Gasteiger partial charge in [-0.1, -0.05) is 16.8 Å². The summed E-state index contributed by atoms with van der Waals surface area (Å²) < 4.78 is 27.4. The Kier molecular flexibility index (Phi) is 6.56. The highest BCUT2D eigenvalue weighted by atomic mass is 35.5. The van der Waals surface area contributed by atoms with Gasteiger partial charge in [-0.05, 0) is 26.0 Å². The molecule has 12 nitrogen and oxygen atoms in total. The zero-order valence-corrected chi connectivity index (χ0v) is 19.0. The van der Waals surface area contributed by atoms with Crippen molar-refractivity contribution in [3.8, 4) is 11.5 Å². The van der Waals surface area contributed by atoms with Gasteiger partial charge in [0.2, 0.25) is 5.91 Å². The highest BCUT2D eigenvalue weighted by molar-refractivity contribution is 7.73. The molecule has 0 saturated carbocycles. The summed E-state index contributed by atoms with van der Waals surface area (Å²) in [5.74, 6) is -3.94. The number of carbonyl (C=O) groups is 3. The number of rotatable bonds is 8. The van der Waals surface area contributed by atoms with Gasteiger partial charge >= 0.3 is 5.97 Å². The SMILES string of the molecule is C[C@@H]1CC(=O)N1[C@@H](C(=O)O)[C@](C)(c1cc(CNC(=O)c2ccc(O)c(O)c2Cl)on1)[SH](=O)=O. The van der Waals surface area contributed by atoms with E-state index < -0.39 is 56.8 Å². The molecule has 1 aliphatic heterocycles. The molecule has 4 N–H and O–H groups in total. The zero-order valence-electron chi connectivity index (χ0n) is 17.3. The van der Waals surface area contributed by atoms with Gasteiger partial charge in [-0.2, -0.15) is 0 Å². The molecule has 0 radical (unpaired) electrons. The summed E-state index contributed by atoms with van der Waals surface area (Å²) in [5, 5.41) is 34.5. The average molecular weight is 502 g/mol. The second-order valence-electron chi connectivity index (χ2n) is 7.66. The minimum Gasteiger partial charge on any atom is -0.504 e. The number of phenolic OH excluding ortho intramolecular Hbond substituents is 2. The van der Waals surface area contributed by atoms with Crippen LogP contribution in [-0.4, -0.2) is 63.7 Å². The second-order valence-corrected chi connectivity index (χ2v) is 9.48. The fourth-order valence-electron chi connectivity index (χ4n) is 3.58. The molecular weight excluding hydrogens is 482 g/mol. The maximum atomic E-state index is 12.4. The average Bonchev–Trinajstić information content (AvgIpc) is 3.23. The zero-order chi connectivity index (χ0) is 24.7. The molecule has 2 heterocycles. The number of carboxylic acids is 1. The molecule has 1 saturated heterocycles. The third-order valence-corrected chi connectivity index (χ3v) is 7.11. The summed E-state index contributed by atoms with van der Waals surface area (Å²) in [7, 11) is -3.45. The van der Waals surface area contributed by atoms with Crippen molar-refractivity contribution in [1.82, 2.24) is 15.4 Å². The molecule has 2 amide bonds. The van der Waals surface area contributed by atoms with Crippen LogP contribution in [0.3, 0.4) is 0 Å². The van der Waals surface area contributed by atoms with Crippen LogP contribution in [-0.2, 0) is 31.6 Å². The first-order valence-corrected chi connectivity index (χ1v) is 11.1. The van der Waals surface area contributed by atoms with Crippen molar-refractivity contribution >= 4 is 40.1 Å². The van der Waals surface area contributed by atoms with Gasteiger partial charge in [-0.15, -0.1) is 0 Å². The van der Waals surface area contributed by atoms with Crippen LogP contribution in [0.25, 0.3) is 0 Å². The van der Waals surface area contributed by atoms with Crippen molar-refractivity contribution in [3.05, 3.63) is 40.2 Å². The summed E-state index contributed by atoms with van der Waals surface area (Å²) in [6, 6.07) is 1.22. The first kappa shape index (κ1) is 24.3. The van der Waals surface area contributed by atoms with E-state index in [1.54, 1.807) is 6.92 Å². The number of β-lactam (4-membered cyclic amide) rings is 1. The van der Waals surface area contributed by atoms with E-state index in [4.69, 9.17) is 16.1 Å². The van der Waals surface area contributed by atoms with Crippen LogP contribution >= 0.6 is 11.6 Å². The number of hydrogen-bond acceptors (Lipinski definition) is 9. The number of halogens is 1. The lowest BCUT2D eigenvalue weighted by atomic mass is 9.89. The van der Waals surface area contributed by atoms with Gasteiger partial charge in [0.1, 0.15) is 10.4 Å². The number of aromatic hydroxyl groups is 2. The van der Waals surface area contributed by atoms with E-state index >= 15 is 0 Å². The number of carbonyl (C=O) groups excluding carboxylic acids is 2. The quantitative estimate of drug-likeness (QED) is 0.194. The lowest BCUT2D eigenvalue weighted by molar-refractivity contribution is -0.163. The highest BCUT2D eigenvalue weighted by Gasteiger charge is 2.55. The molecule has 0 unspecified atom stereocenters. The maximum absolute atomic E-state index is 12.4. The topological polar surface area (TPSA) is 187 Å². The number of aromatic nitrogens is 1. The number of benzene rings is 1. The van der Waals surface area contributed by atoms with E-state index in [1.807, 2.05) is 0 Å². The normalized spacial score (nSPS) is 18.5. The summed E-state index contributed by atoms with van der Waals surface area (Å²) >= 11 is 5.85. The molecule has 178 valence electrons. The van der Waals surface area contributed by atoms with Crippen molar-refractivity contribution < 1.29 is 42.6 Å². The molecule has 0 bridgehead atoms. The highest BCUT2D eigenvalue weighted by Crippen LogP contribution is 2.37. The molecular formula is C19H20ClN3O9S. The first-order valence-electron chi connectivity index (χ1n) is 9.52. The van der Waals surface area contributed by atoms with Gasteiger partial charge < -0.3 is 30.1 Å². The van der Waals surface area contributed by atoms with E-state index in [0.29, 0.717) is 0 Å².